The maximum atomic E-state index is 9.75. The quantitative estimate of drug-likeness (QED) is 0.710. The van der Waals surface area contributed by atoms with E-state index in [-0.39, 0.29) is 12.0 Å². The number of methoxy groups -OCH3 is 1. The molecule has 1 aliphatic heterocycles. The average Bonchev–Trinajstić information content (AvgIpc) is 2.87. The SMILES string of the molecule is CCOc1c(Cl)cc(CNCC2CNCC2O)cc1OC. The topological polar surface area (TPSA) is 62.8 Å². The number of hydrogen-bond acceptors (Lipinski definition) is 5. The van der Waals surface area contributed by atoms with Gasteiger partial charge in [-0.25, -0.2) is 0 Å². The van der Waals surface area contributed by atoms with Crippen LogP contribution in [-0.4, -0.2) is 44.6 Å². The Hall–Kier alpha value is -1.01. The summed E-state index contributed by atoms with van der Waals surface area (Å²) in [7, 11) is 1.60. The Bertz CT molecular complexity index is 470. The molecule has 1 aliphatic rings. The maximum Gasteiger partial charge on any atom is 0.179 e. The molecule has 1 aromatic carbocycles. The smallest absolute Gasteiger partial charge is 0.179 e. The molecule has 2 unspecified atom stereocenters. The van der Waals surface area contributed by atoms with Crippen LogP contribution in [0.25, 0.3) is 0 Å². The molecule has 1 heterocycles. The lowest BCUT2D eigenvalue weighted by molar-refractivity contribution is 0.146. The first-order chi connectivity index (χ1) is 10.2. The Morgan fingerprint density at radius 3 is 2.86 bits per heavy atom. The molecule has 0 bridgehead atoms. The van der Waals surface area contributed by atoms with Gasteiger partial charge in [0.05, 0.1) is 24.8 Å². The first-order valence-electron chi connectivity index (χ1n) is 7.24. The number of hydrogen-bond donors (Lipinski definition) is 3. The molecular weight excluding hydrogens is 292 g/mol. The molecule has 1 fully saturated rings. The summed E-state index contributed by atoms with van der Waals surface area (Å²) in [5.74, 6) is 1.48. The van der Waals surface area contributed by atoms with Crippen LogP contribution in [0.15, 0.2) is 12.1 Å². The number of nitrogens with one attached hydrogen (secondary N) is 2. The van der Waals surface area contributed by atoms with Gasteiger partial charge in [0.1, 0.15) is 0 Å². The number of benzene rings is 1. The second-order valence-electron chi connectivity index (χ2n) is 5.16. The maximum absolute atomic E-state index is 9.75. The highest BCUT2D eigenvalue weighted by Gasteiger charge is 2.24. The summed E-state index contributed by atoms with van der Waals surface area (Å²) < 4.78 is 10.8. The molecule has 0 aliphatic carbocycles. The fraction of sp³-hybridized carbons (Fsp3) is 0.600. The molecule has 0 radical (unpaired) electrons. The number of halogens is 1. The number of rotatable bonds is 7. The van der Waals surface area contributed by atoms with E-state index in [1.807, 2.05) is 19.1 Å². The third-order valence-electron chi connectivity index (χ3n) is 3.62. The lowest BCUT2D eigenvalue weighted by Gasteiger charge is -2.16. The summed E-state index contributed by atoms with van der Waals surface area (Å²) in [6.07, 6.45) is -0.268. The second kappa shape index (κ2) is 7.84. The highest BCUT2D eigenvalue weighted by atomic mass is 35.5. The normalized spacial score (nSPS) is 21.5. The van der Waals surface area contributed by atoms with Gasteiger partial charge in [0, 0.05) is 32.1 Å². The van der Waals surface area contributed by atoms with Gasteiger partial charge in [-0.2, -0.15) is 0 Å². The molecule has 5 nitrogen and oxygen atoms in total. The van der Waals surface area contributed by atoms with Crippen molar-refractivity contribution in [2.24, 2.45) is 5.92 Å². The molecule has 0 spiro atoms. The minimum atomic E-state index is -0.268. The second-order valence-corrected chi connectivity index (χ2v) is 5.57. The zero-order valence-electron chi connectivity index (χ0n) is 12.5. The van der Waals surface area contributed by atoms with Gasteiger partial charge in [-0.05, 0) is 24.6 Å². The van der Waals surface area contributed by atoms with E-state index < -0.39 is 0 Å². The molecular formula is C15H23ClN2O3. The van der Waals surface area contributed by atoms with Crippen molar-refractivity contribution >= 4 is 11.6 Å². The van der Waals surface area contributed by atoms with Crippen molar-refractivity contribution in [2.45, 2.75) is 19.6 Å². The summed E-state index contributed by atoms with van der Waals surface area (Å²) in [5, 5.41) is 16.8. The monoisotopic (exact) mass is 314 g/mol. The van der Waals surface area contributed by atoms with Crippen molar-refractivity contribution in [3.05, 3.63) is 22.7 Å². The van der Waals surface area contributed by atoms with Crippen LogP contribution in [0.4, 0.5) is 0 Å². The van der Waals surface area contributed by atoms with Gasteiger partial charge in [-0.15, -0.1) is 0 Å². The predicted octanol–water partition coefficient (Wildman–Crippen LogP) is 1.42. The number of ether oxygens (including phenoxy) is 2. The highest BCUT2D eigenvalue weighted by molar-refractivity contribution is 6.32. The van der Waals surface area contributed by atoms with Gasteiger partial charge in [0.25, 0.3) is 0 Å². The summed E-state index contributed by atoms with van der Waals surface area (Å²) in [5.41, 5.74) is 1.03. The lowest BCUT2D eigenvalue weighted by atomic mass is 10.1. The summed E-state index contributed by atoms with van der Waals surface area (Å²) in [4.78, 5) is 0. The van der Waals surface area contributed by atoms with E-state index in [2.05, 4.69) is 10.6 Å². The van der Waals surface area contributed by atoms with Crippen molar-refractivity contribution in [3.63, 3.8) is 0 Å². The Balaban J connectivity index is 1.95. The standard InChI is InChI=1S/C15H23ClN2O3/c1-3-21-15-12(16)4-10(5-14(15)20-2)6-17-7-11-8-18-9-13(11)19/h4-5,11,13,17-19H,3,6-9H2,1-2H3. The molecule has 2 atom stereocenters. The van der Waals surface area contributed by atoms with Crippen LogP contribution < -0.4 is 20.1 Å². The molecule has 2 rings (SSSR count). The summed E-state index contributed by atoms with van der Waals surface area (Å²) in [6, 6.07) is 3.80. The van der Waals surface area contributed by atoms with Crippen LogP contribution in [-0.2, 0) is 6.54 Å². The van der Waals surface area contributed by atoms with E-state index in [4.69, 9.17) is 21.1 Å². The number of aliphatic hydroxyl groups is 1. The van der Waals surface area contributed by atoms with Crippen LogP contribution >= 0.6 is 11.6 Å². The fourth-order valence-corrected chi connectivity index (χ4v) is 2.78. The third-order valence-corrected chi connectivity index (χ3v) is 3.90. The third kappa shape index (κ3) is 4.23. The largest absolute Gasteiger partial charge is 0.493 e. The van der Waals surface area contributed by atoms with E-state index in [0.29, 0.717) is 36.2 Å². The molecule has 21 heavy (non-hydrogen) atoms. The molecule has 3 N–H and O–H groups in total. The molecule has 6 heteroatoms. The van der Waals surface area contributed by atoms with Gasteiger partial charge < -0.3 is 25.2 Å². The Labute approximate surface area is 130 Å². The molecule has 118 valence electrons. The summed E-state index contributed by atoms with van der Waals surface area (Å²) >= 11 is 6.24. The highest BCUT2D eigenvalue weighted by Crippen LogP contribution is 2.36. The van der Waals surface area contributed by atoms with Crippen LogP contribution in [0, 0.1) is 5.92 Å². The van der Waals surface area contributed by atoms with E-state index in [1.54, 1.807) is 7.11 Å². The van der Waals surface area contributed by atoms with Gasteiger partial charge in [0.15, 0.2) is 11.5 Å². The Morgan fingerprint density at radius 1 is 1.43 bits per heavy atom. The van der Waals surface area contributed by atoms with E-state index >= 15 is 0 Å². The van der Waals surface area contributed by atoms with Gasteiger partial charge in [-0.1, -0.05) is 11.6 Å². The Morgan fingerprint density at radius 2 is 2.24 bits per heavy atom. The molecule has 1 aromatic rings. The van der Waals surface area contributed by atoms with E-state index in [1.165, 1.54) is 0 Å². The minimum Gasteiger partial charge on any atom is -0.493 e. The van der Waals surface area contributed by atoms with E-state index in [9.17, 15) is 5.11 Å². The fourth-order valence-electron chi connectivity index (χ4n) is 2.49. The van der Waals surface area contributed by atoms with Crippen LogP contribution in [0.2, 0.25) is 5.02 Å². The predicted molar refractivity (Wildman–Crippen MR) is 83.2 cm³/mol. The van der Waals surface area contributed by atoms with Crippen molar-refractivity contribution in [2.75, 3.05) is 33.4 Å². The average molecular weight is 315 g/mol. The first kappa shape index (κ1) is 16.4. The van der Waals surface area contributed by atoms with Crippen LogP contribution in [0.5, 0.6) is 11.5 Å². The molecule has 0 amide bonds. The van der Waals surface area contributed by atoms with Crippen molar-refractivity contribution < 1.29 is 14.6 Å². The molecule has 1 saturated heterocycles. The van der Waals surface area contributed by atoms with Gasteiger partial charge >= 0.3 is 0 Å². The summed E-state index contributed by atoms with van der Waals surface area (Å²) in [6.45, 7) is 5.41. The molecule has 0 saturated carbocycles. The zero-order chi connectivity index (χ0) is 15.2. The van der Waals surface area contributed by atoms with E-state index in [0.717, 1.165) is 18.7 Å². The number of β-amino-alcohol motifs (C(OH)–C–C–N with tert-alkyl or cyclic N) is 1. The Kier molecular flexibility index (Phi) is 6.11. The van der Waals surface area contributed by atoms with Gasteiger partial charge in [0.2, 0.25) is 0 Å². The minimum absolute atomic E-state index is 0.255. The van der Waals surface area contributed by atoms with Gasteiger partial charge in [-0.3, -0.25) is 0 Å². The zero-order valence-corrected chi connectivity index (χ0v) is 13.2. The lowest BCUT2D eigenvalue weighted by Crippen LogP contribution is -2.30. The van der Waals surface area contributed by atoms with Crippen molar-refractivity contribution in [3.8, 4) is 11.5 Å². The first-order valence-corrected chi connectivity index (χ1v) is 7.62. The van der Waals surface area contributed by atoms with Crippen LogP contribution in [0.1, 0.15) is 12.5 Å². The number of aliphatic hydroxyl groups excluding tert-OH is 1. The van der Waals surface area contributed by atoms with Crippen molar-refractivity contribution in [1.29, 1.82) is 0 Å². The van der Waals surface area contributed by atoms with Crippen LogP contribution in [0.3, 0.4) is 0 Å². The van der Waals surface area contributed by atoms with Crippen molar-refractivity contribution in [1.82, 2.24) is 10.6 Å². The molecule has 0 aromatic heterocycles.